The second-order valence-electron chi connectivity index (χ2n) is 7.80. The minimum atomic E-state index is -0.282. The van der Waals surface area contributed by atoms with Crippen molar-refractivity contribution in [1.29, 1.82) is 0 Å². The molecule has 0 radical (unpaired) electrons. The van der Waals surface area contributed by atoms with Gasteiger partial charge in [0.2, 0.25) is 6.23 Å². The number of nitrogens with zero attached hydrogens (tertiary/aromatic N) is 2. The van der Waals surface area contributed by atoms with Gasteiger partial charge < -0.3 is 14.2 Å². The van der Waals surface area contributed by atoms with E-state index in [2.05, 4.69) is 48.3 Å². The predicted octanol–water partition coefficient (Wildman–Crippen LogP) is 5.73. The number of ether oxygens (including phenoxy) is 3. The van der Waals surface area contributed by atoms with Gasteiger partial charge in [-0.1, -0.05) is 25.1 Å². The van der Waals surface area contributed by atoms with Crippen LogP contribution in [0.1, 0.15) is 48.7 Å². The molecule has 0 aliphatic carbocycles. The summed E-state index contributed by atoms with van der Waals surface area (Å²) in [4.78, 5) is 0. The topological polar surface area (TPSA) is 43.3 Å². The fourth-order valence-electron chi connectivity index (χ4n) is 4.16. The molecule has 31 heavy (non-hydrogen) atoms. The molecule has 3 aromatic rings. The summed E-state index contributed by atoms with van der Waals surface area (Å²) in [6.07, 6.45) is 1.54. The molecule has 3 aromatic carbocycles. The Kier molecular flexibility index (Phi) is 5.24. The molecule has 5 rings (SSSR count). The van der Waals surface area contributed by atoms with E-state index in [1.807, 2.05) is 36.4 Å². The quantitative estimate of drug-likeness (QED) is 0.517. The molecule has 0 fully saturated rings. The maximum absolute atomic E-state index is 6.43. The Bertz CT molecular complexity index is 1080. The summed E-state index contributed by atoms with van der Waals surface area (Å²) in [6.45, 7) is 2.82. The minimum Gasteiger partial charge on any atom is -0.497 e. The second kappa shape index (κ2) is 8.34. The molecule has 0 amide bonds. The fraction of sp³-hybridized carbons (Fsp3) is 0.269. The molecule has 158 valence electrons. The maximum Gasteiger partial charge on any atom is 0.213 e. The van der Waals surface area contributed by atoms with Gasteiger partial charge in [0.05, 0.1) is 25.5 Å². The van der Waals surface area contributed by atoms with E-state index in [9.17, 15) is 0 Å². The van der Waals surface area contributed by atoms with E-state index >= 15 is 0 Å². The maximum atomic E-state index is 6.43. The van der Waals surface area contributed by atoms with Crippen LogP contribution in [-0.2, 0) is 0 Å². The highest BCUT2D eigenvalue weighted by molar-refractivity contribution is 6.02. The van der Waals surface area contributed by atoms with Crippen molar-refractivity contribution in [2.24, 2.45) is 5.10 Å². The number of methoxy groups -OCH3 is 1. The van der Waals surface area contributed by atoms with E-state index in [0.717, 1.165) is 53.5 Å². The Morgan fingerprint density at radius 2 is 1.71 bits per heavy atom. The number of fused-ring (bicyclic) bond motifs is 3. The number of hydrogen-bond donors (Lipinski definition) is 0. The van der Waals surface area contributed by atoms with Crippen molar-refractivity contribution < 1.29 is 14.2 Å². The highest BCUT2D eigenvalue weighted by atomic mass is 16.5. The van der Waals surface area contributed by atoms with Gasteiger partial charge in [0.1, 0.15) is 17.2 Å². The van der Waals surface area contributed by atoms with Crippen LogP contribution in [0.5, 0.6) is 17.2 Å². The van der Waals surface area contributed by atoms with Crippen LogP contribution in [0.2, 0.25) is 0 Å². The SMILES string of the molecule is CCCOc1ccc([C@@H]2Oc3ccccc3[C@@H]3CC(c4ccc(OC)cc4)=NN32)cc1. The zero-order valence-electron chi connectivity index (χ0n) is 17.8. The third-order valence-electron chi connectivity index (χ3n) is 5.76. The summed E-state index contributed by atoms with van der Waals surface area (Å²) >= 11 is 0. The third kappa shape index (κ3) is 3.72. The molecule has 0 bridgehead atoms. The van der Waals surface area contributed by atoms with Gasteiger partial charge >= 0.3 is 0 Å². The van der Waals surface area contributed by atoms with Gasteiger partial charge in [0.25, 0.3) is 0 Å². The molecule has 5 nitrogen and oxygen atoms in total. The first-order valence-corrected chi connectivity index (χ1v) is 10.8. The first-order chi connectivity index (χ1) is 15.3. The molecule has 0 N–H and O–H groups in total. The van der Waals surface area contributed by atoms with Crippen molar-refractivity contribution in [3.63, 3.8) is 0 Å². The van der Waals surface area contributed by atoms with Gasteiger partial charge in [-0.2, -0.15) is 5.10 Å². The Morgan fingerprint density at radius 1 is 0.968 bits per heavy atom. The van der Waals surface area contributed by atoms with Crippen LogP contribution < -0.4 is 14.2 Å². The molecule has 5 heteroatoms. The van der Waals surface area contributed by atoms with Gasteiger partial charge in [0, 0.05) is 17.5 Å². The monoisotopic (exact) mass is 414 g/mol. The van der Waals surface area contributed by atoms with Crippen LogP contribution >= 0.6 is 0 Å². The Balaban J connectivity index is 1.48. The molecule has 0 unspecified atom stereocenters. The lowest BCUT2D eigenvalue weighted by molar-refractivity contribution is -0.0190. The van der Waals surface area contributed by atoms with Crippen molar-refractivity contribution in [3.8, 4) is 17.2 Å². The first kappa shape index (κ1) is 19.5. The zero-order chi connectivity index (χ0) is 21.2. The van der Waals surface area contributed by atoms with E-state index in [1.165, 1.54) is 5.56 Å². The average Bonchev–Trinajstić information content (AvgIpc) is 3.28. The van der Waals surface area contributed by atoms with Crippen molar-refractivity contribution in [1.82, 2.24) is 5.01 Å². The number of para-hydroxylation sites is 1. The van der Waals surface area contributed by atoms with E-state index in [4.69, 9.17) is 19.3 Å². The van der Waals surface area contributed by atoms with E-state index in [1.54, 1.807) is 7.11 Å². The van der Waals surface area contributed by atoms with Crippen LogP contribution in [-0.4, -0.2) is 24.4 Å². The summed E-state index contributed by atoms with van der Waals surface area (Å²) in [5.74, 6) is 2.64. The molecule has 2 heterocycles. The highest BCUT2D eigenvalue weighted by Crippen LogP contribution is 2.47. The smallest absolute Gasteiger partial charge is 0.213 e. The summed E-state index contributed by atoms with van der Waals surface area (Å²) in [5.41, 5.74) is 4.40. The molecule has 0 saturated heterocycles. The van der Waals surface area contributed by atoms with Gasteiger partial charge in [0.15, 0.2) is 0 Å². The number of rotatable bonds is 6. The van der Waals surface area contributed by atoms with Gasteiger partial charge in [-0.25, -0.2) is 5.01 Å². The third-order valence-corrected chi connectivity index (χ3v) is 5.76. The first-order valence-electron chi connectivity index (χ1n) is 10.8. The largest absolute Gasteiger partial charge is 0.497 e. The van der Waals surface area contributed by atoms with Gasteiger partial charge in [-0.15, -0.1) is 0 Å². The Morgan fingerprint density at radius 3 is 2.45 bits per heavy atom. The van der Waals surface area contributed by atoms with Gasteiger partial charge in [-0.05, 0) is 66.6 Å². The lowest BCUT2D eigenvalue weighted by Crippen LogP contribution is -2.33. The van der Waals surface area contributed by atoms with E-state index < -0.39 is 0 Å². The Hall–Kier alpha value is -3.47. The molecule has 2 aliphatic heterocycles. The summed E-state index contributed by atoms with van der Waals surface area (Å²) < 4.78 is 17.5. The number of hydrogen-bond acceptors (Lipinski definition) is 5. The van der Waals surface area contributed by atoms with Crippen molar-refractivity contribution in [2.75, 3.05) is 13.7 Å². The lowest BCUT2D eigenvalue weighted by atomic mass is 9.96. The minimum absolute atomic E-state index is 0.142. The molecule has 0 saturated carbocycles. The zero-order valence-corrected chi connectivity index (χ0v) is 17.8. The summed E-state index contributed by atoms with van der Waals surface area (Å²) in [5, 5.41) is 7.12. The molecular formula is C26H26N2O3. The molecule has 0 spiro atoms. The molecule has 2 atom stereocenters. The van der Waals surface area contributed by atoms with E-state index in [0.29, 0.717) is 0 Å². The van der Waals surface area contributed by atoms with Crippen LogP contribution in [0.25, 0.3) is 0 Å². The predicted molar refractivity (Wildman–Crippen MR) is 121 cm³/mol. The van der Waals surface area contributed by atoms with Crippen LogP contribution in [0, 0.1) is 0 Å². The van der Waals surface area contributed by atoms with Crippen LogP contribution in [0.4, 0.5) is 0 Å². The lowest BCUT2D eigenvalue weighted by Gasteiger charge is -2.38. The highest BCUT2D eigenvalue weighted by Gasteiger charge is 2.40. The molecule has 0 aromatic heterocycles. The standard InChI is InChI=1S/C26H26N2O3/c1-3-16-30-21-14-10-19(11-15-21)26-28-24(22-6-4-5-7-25(22)31-26)17-23(27-28)18-8-12-20(29-2)13-9-18/h4-15,24,26H,3,16-17H2,1-2H3/t24-,26-/m0/s1. The molecular weight excluding hydrogens is 388 g/mol. The average molecular weight is 415 g/mol. The van der Waals surface area contributed by atoms with E-state index in [-0.39, 0.29) is 12.3 Å². The van der Waals surface area contributed by atoms with Crippen LogP contribution in [0.15, 0.2) is 77.9 Å². The summed E-state index contributed by atoms with van der Waals surface area (Å²) in [6, 6.07) is 24.7. The second-order valence-corrected chi connectivity index (χ2v) is 7.80. The van der Waals surface area contributed by atoms with Crippen molar-refractivity contribution >= 4 is 5.71 Å². The normalized spacial score (nSPS) is 19.2. The molecule has 2 aliphatic rings. The Labute approximate surface area is 182 Å². The summed E-state index contributed by atoms with van der Waals surface area (Å²) in [7, 11) is 1.68. The van der Waals surface area contributed by atoms with Crippen molar-refractivity contribution in [3.05, 3.63) is 89.5 Å². The number of hydrazone groups is 1. The van der Waals surface area contributed by atoms with Crippen LogP contribution in [0.3, 0.4) is 0 Å². The van der Waals surface area contributed by atoms with Crippen molar-refractivity contribution in [2.45, 2.75) is 32.0 Å². The van der Waals surface area contributed by atoms with Gasteiger partial charge in [-0.3, -0.25) is 0 Å². The fourth-order valence-corrected chi connectivity index (χ4v) is 4.16. The number of benzene rings is 3.